The molecule has 1 aliphatic rings. The number of benzene rings is 1. The molecule has 1 N–H and O–H groups in total. The SMILES string of the molecule is CCCOc1ccc(/C=C/C(=O)Nc2ccnn2C(C)C2CC2)cc1OCC. The van der Waals surface area contributed by atoms with Gasteiger partial charge in [0.15, 0.2) is 11.5 Å². The van der Waals surface area contributed by atoms with E-state index in [-0.39, 0.29) is 5.91 Å². The van der Waals surface area contributed by atoms with Crippen molar-refractivity contribution in [1.82, 2.24) is 9.78 Å². The van der Waals surface area contributed by atoms with Crippen molar-refractivity contribution in [2.75, 3.05) is 18.5 Å². The monoisotopic (exact) mass is 383 g/mol. The maximum atomic E-state index is 12.4. The van der Waals surface area contributed by atoms with E-state index in [2.05, 4.69) is 24.3 Å². The summed E-state index contributed by atoms with van der Waals surface area (Å²) in [4.78, 5) is 12.4. The van der Waals surface area contributed by atoms with Gasteiger partial charge in [-0.05, 0) is 62.8 Å². The van der Waals surface area contributed by atoms with Crippen LogP contribution in [0.3, 0.4) is 0 Å². The predicted octanol–water partition coefficient (Wildman–Crippen LogP) is 4.69. The first kappa shape index (κ1) is 20.0. The number of rotatable bonds is 10. The molecule has 1 saturated carbocycles. The third-order valence-electron chi connectivity index (χ3n) is 4.77. The number of amides is 1. The number of anilines is 1. The Morgan fingerprint density at radius 1 is 1.29 bits per heavy atom. The quantitative estimate of drug-likeness (QED) is 0.604. The summed E-state index contributed by atoms with van der Waals surface area (Å²) in [6, 6.07) is 7.81. The summed E-state index contributed by atoms with van der Waals surface area (Å²) in [5.74, 6) is 2.62. The molecule has 0 radical (unpaired) electrons. The van der Waals surface area contributed by atoms with Gasteiger partial charge in [0, 0.05) is 12.1 Å². The lowest BCUT2D eigenvalue weighted by molar-refractivity contribution is -0.111. The predicted molar refractivity (Wildman–Crippen MR) is 111 cm³/mol. The zero-order chi connectivity index (χ0) is 19.9. The molecule has 1 aromatic heterocycles. The molecule has 150 valence electrons. The summed E-state index contributed by atoms with van der Waals surface area (Å²) in [6.45, 7) is 7.34. The molecule has 2 aromatic rings. The van der Waals surface area contributed by atoms with Crippen LogP contribution >= 0.6 is 0 Å². The molecule has 1 heterocycles. The first-order valence-corrected chi connectivity index (χ1v) is 10.0. The van der Waals surface area contributed by atoms with Gasteiger partial charge in [0.1, 0.15) is 5.82 Å². The smallest absolute Gasteiger partial charge is 0.249 e. The van der Waals surface area contributed by atoms with Crippen molar-refractivity contribution in [2.45, 2.75) is 46.1 Å². The Bertz CT molecular complexity index is 824. The Morgan fingerprint density at radius 2 is 2.11 bits per heavy atom. The Kier molecular flexibility index (Phi) is 6.74. The number of nitrogens with one attached hydrogen (secondary N) is 1. The van der Waals surface area contributed by atoms with Crippen LogP contribution in [0.5, 0.6) is 11.5 Å². The van der Waals surface area contributed by atoms with Crippen molar-refractivity contribution in [2.24, 2.45) is 5.92 Å². The largest absolute Gasteiger partial charge is 0.490 e. The lowest BCUT2D eigenvalue weighted by Crippen LogP contribution is -2.16. The molecular formula is C22H29N3O3. The molecule has 1 fully saturated rings. The third kappa shape index (κ3) is 5.15. The van der Waals surface area contributed by atoms with Gasteiger partial charge in [-0.2, -0.15) is 5.10 Å². The molecule has 0 spiro atoms. The lowest BCUT2D eigenvalue weighted by atomic mass is 10.2. The van der Waals surface area contributed by atoms with Crippen LogP contribution in [-0.2, 0) is 4.79 Å². The fourth-order valence-electron chi connectivity index (χ4n) is 3.08. The molecule has 1 atom stereocenters. The molecule has 6 heteroatoms. The van der Waals surface area contributed by atoms with Gasteiger partial charge in [-0.3, -0.25) is 4.79 Å². The first-order valence-electron chi connectivity index (χ1n) is 10.0. The number of nitrogens with zero attached hydrogens (tertiary/aromatic N) is 2. The lowest BCUT2D eigenvalue weighted by Gasteiger charge is -2.14. The van der Waals surface area contributed by atoms with E-state index in [9.17, 15) is 4.79 Å². The molecule has 1 amide bonds. The fraction of sp³-hybridized carbons (Fsp3) is 0.455. The average molecular weight is 383 g/mol. The molecule has 3 rings (SSSR count). The standard InChI is InChI=1S/C22H29N3O3/c1-4-14-28-19-10-6-17(15-20(19)27-5-2)7-11-22(26)24-21-12-13-23-25(21)16(3)18-8-9-18/h6-7,10-13,15-16,18H,4-5,8-9,14H2,1-3H3,(H,24,26)/b11-7+. The second-order valence-corrected chi connectivity index (χ2v) is 7.05. The zero-order valence-corrected chi connectivity index (χ0v) is 16.9. The topological polar surface area (TPSA) is 65.4 Å². The number of aromatic nitrogens is 2. The fourth-order valence-corrected chi connectivity index (χ4v) is 3.08. The maximum absolute atomic E-state index is 12.4. The van der Waals surface area contributed by atoms with Crippen LogP contribution in [0.4, 0.5) is 5.82 Å². The van der Waals surface area contributed by atoms with Crippen LogP contribution < -0.4 is 14.8 Å². The van der Waals surface area contributed by atoms with Crippen molar-refractivity contribution in [1.29, 1.82) is 0 Å². The molecule has 0 saturated heterocycles. The molecule has 0 bridgehead atoms. The highest BCUT2D eigenvalue weighted by Gasteiger charge is 2.30. The van der Waals surface area contributed by atoms with Crippen LogP contribution in [0.1, 0.15) is 51.6 Å². The van der Waals surface area contributed by atoms with E-state index < -0.39 is 0 Å². The third-order valence-corrected chi connectivity index (χ3v) is 4.77. The first-order chi connectivity index (χ1) is 13.6. The van der Waals surface area contributed by atoms with Gasteiger partial charge in [0.2, 0.25) is 5.91 Å². The van der Waals surface area contributed by atoms with E-state index >= 15 is 0 Å². The molecule has 1 aromatic carbocycles. The van der Waals surface area contributed by atoms with Crippen molar-refractivity contribution in [3.8, 4) is 11.5 Å². The normalized spacial score (nSPS) is 14.8. The van der Waals surface area contributed by atoms with E-state index in [1.807, 2.05) is 35.9 Å². The second kappa shape index (κ2) is 9.44. The van der Waals surface area contributed by atoms with Crippen LogP contribution in [0.2, 0.25) is 0 Å². The molecule has 0 aliphatic heterocycles. The Labute approximate surface area is 166 Å². The summed E-state index contributed by atoms with van der Waals surface area (Å²) >= 11 is 0. The van der Waals surface area contributed by atoms with Gasteiger partial charge in [-0.25, -0.2) is 4.68 Å². The Hall–Kier alpha value is -2.76. The number of carbonyl (C=O) groups excluding carboxylic acids is 1. The maximum Gasteiger partial charge on any atom is 0.249 e. The highest BCUT2D eigenvalue weighted by Crippen LogP contribution is 2.40. The number of hydrogen-bond acceptors (Lipinski definition) is 4. The Balaban J connectivity index is 1.65. The van der Waals surface area contributed by atoms with Crippen LogP contribution in [0.15, 0.2) is 36.5 Å². The summed E-state index contributed by atoms with van der Waals surface area (Å²) in [6.07, 6.45) is 8.41. The second-order valence-electron chi connectivity index (χ2n) is 7.05. The van der Waals surface area contributed by atoms with Gasteiger partial charge in [-0.1, -0.05) is 13.0 Å². The minimum absolute atomic E-state index is 0.186. The summed E-state index contributed by atoms with van der Waals surface area (Å²) in [7, 11) is 0. The van der Waals surface area contributed by atoms with E-state index in [1.165, 1.54) is 18.9 Å². The van der Waals surface area contributed by atoms with E-state index in [4.69, 9.17) is 9.47 Å². The van der Waals surface area contributed by atoms with E-state index in [0.717, 1.165) is 23.6 Å². The molecule has 1 aliphatic carbocycles. The van der Waals surface area contributed by atoms with E-state index in [0.29, 0.717) is 30.9 Å². The van der Waals surface area contributed by atoms with Crippen molar-refractivity contribution >= 4 is 17.8 Å². The van der Waals surface area contributed by atoms with Crippen LogP contribution in [0.25, 0.3) is 6.08 Å². The van der Waals surface area contributed by atoms with Gasteiger partial charge in [0.25, 0.3) is 0 Å². The van der Waals surface area contributed by atoms with Gasteiger partial charge in [0.05, 0.1) is 25.5 Å². The minimum atomic E-state index is -0.186. The van der Waals surface area contributed by atoms with Gasteiger partial charge in [-0.15, -0.1) is 0 Å². The molecule has 28 heavy (non-hydrogen) atoms. The zero-order valence-electron chi connectivity index (χ0n) is 16.9. The van der Waals surface area contributed by atoms with Crippen molar-refractivity contribution in [3.63, 3.8) is 0 Å². The summed E-state index contributed by atoms with van der Waals surface area (Å²) in [5, 5.41) is 7.28. The minimum Gasteiger partial charge on any atom is -0.490 e. The van der Waals surface area contributed by atoms with Crippen molar-refractivity contribution < 1.29 is 14.3 Å². The number of carbonyl (C=O) groups is 1. The Morgan fingerprint density at radius 3 is 2.82 bits per heavy atom. The molecular weight excluding hydrogens is 354 g/mol. The van der Waals surface area contributed by atoms with Crippen LogP contribution in [0, 0.1) is 5.92 Å². The van der Waals surface area contributed by atoms with E-state index in [1.54, 1.807) is 12.3 Å². The number of ether oxygens (including phenoxy) is 2. The summed E-state index contributed by atoms with van der Waals surface area (Å²) < 4.78 is 13.3. The van der Waals surface area contributed by atoms with Crippen molar-refractivity contribution in [3.05, 3.63) is 42.1 Å². The molecule has 6 nitrogen and oxygen atoms in total. The van der Waals surface area contributed by atoms with Gasteiger partial charge >= 0.3 is 0 Å². The highest BCUT2D eigenvalue weighted by atomic mass is 16.5. The molecule has 1 unspecified atom stereocenters. The van der Waals surface area contributed by atoms with Gasteiger partial charge < -0.3 is 14.8 Å². The average Bonchev–Trinajstić information content (AvgIpc) is 3.45. The highest BCUT2D eigenvalue weighted by molar-refractivity contribution is 6.01. The van der Waals surface area contributed by atoms with Crippen LogP contribution in [-0.4, -0.2) is 28.9 Å². The summed E-state index contributed by atoms with van der Waals surface area (Å²) in [5.41, 5.74) is 0.877. The number of hydrogen-bond donors (Lipinski definition) is 1.